The lowest BCUT2D eigenvalue weighted by molar-refractivity contribution is 0.255. The van der Waals surface area contributed by atoms with Crippen LogP contribution in [0.15, 0.2) is 0 Å². The van der Waals surface area contributed by atoms with Crippen LogP contribution in [0.1, 0.15) is 39.0 Å². The van der Waals surface area contributed by atoms with E-state index < -0.39 is 12.1 Å². The van der Waals surface area contributed by atoms with Gasteiger partial charge < -0.3 is 22.9 Å². The molecular formula is C9H22N4O2. The second kappa shape index (κ2) is 10.6. The van der Waals surface area contributed by atoms with E-state index in [1.807, 2.05) is 0 Å². The molecule has 0 unspecified atom stereocenters. The van der Waals surface area contributed by atoms with Gasteiger partial charge in [0.2, 0.25) is 0 Å². The maximum Gasteiger partial charge on any atom is 0.309 e. The molecule has 1 fully saturated rings. The van der Waals surface area contributed by atoms with Gasteiger partial charge in [-0.2, -0.15) is 0 Å². The highest BCUT2D eigenvalue weighted by Crippen LogP contribution is 2.21. The third kappa shape index (κ3) is 32.6. The van der Waals surface area contributed by atoms with Gasteiger partial charge in [-0.25, -0.2) is 9.59 Å². The zero-order valence-electron chi connectivity index (χ0n) is 9.24. The normalized spacial score (nSPS) is 15.0. The average molecular weight is 218 g/mol. The Bertz CT molecular complexity index is 159. The zero-order valence-corrected chi connectivity index (χ0v) is 9.24. The molecule has 90 valence electrons. The molecule has 6 nitrogen and oxygen atoms in total. The second-order valence-corrected chi connectivity index (χ2v) is 3.55. The second-order valence-electron chi connectivity index (χ2n) is 3.55. The summed E-state index contributed by atoms with van der Waals surface area (Å²) in [7, 11) is 0. The van der Waals surface area contributed by atoms with Gasteiger partial charge in [-0.3, -0.25) is 0 Å². The summed E-state index contributed by atoms with van der Waals surface area (Å²) in [4.78, 5) is 18.0. The van der Waals surface area contributed by atoms with Crippen molar-refractivity contribution in [3.63, 3.8) is 0 Å². The standard InChI is InChI=1S/C7H14.2CH4N2O/c1-7-5-3-2-4-6-7;2*2-1(3)4/h7H,2-6H2,1H3;2*(H4,2,3,4). The fourth-order valence-corrected chi connectivity index (χ4v) is 1.31. The average Bonchev–Trinajstić information content (AvgIpc) is 2.03. The van der Waals surface area contributed by atoms with Crippen molar-refractivity contribution in [2.45, 2.75) is 39.0 Å². The Balaban J connectivity index is 0. The molecule has 0 bridgehead atoms. The predicted octanol–water partition coefficient (Wildman–Crippen LogP) is 0.634. The molecule has 15 heavy (non-hydrogen) atoms. The molecule has 0 heterocycles. The number of rotatable bonds is 0. The van der Waals surface area contributed by atoms with Gasteiger partial charge in [-0.1, -0.05) is 39.0 Å². The SMILES string of the molecule is CC1CCCCC1.NC(N)=O.NC(N)=O. The van der Waals surface area contributed by atoms with Crippen LogP contribution in [-0.4, -0.2) is 12.1 Å². The Morgan fingerprint density at radius 2 is 1.13 bits per heavy atom. The lowest BCUT2D eigenvalue weighted by atomic mass is 9.91. The highest BCUT2D eigenvalue weighted by Gasteiger charge is 2.05. The van der Waals surface area contributed by atoms with Crippen LogP contribution >= 0.6 is 0 Å². The molecule has 0 radical (unpaired) electrons. The molecule has 0 aromatic carbocycles. The van der Waals surface area contributed by atoms with Crippen molar-refractivity contribution in [2.24, 2.45) is 28.9 Å². The van der Waals surface area contributed by atoms with Crippen LogP contribution in [0.25, 0.3) is 0 Å². The molecular weight excluding hydrogens is 196 g/mol. The minimum absolute atomic E-state index is 0.833. The minimum Gasteiger partial charge on any atom is -0.352 e. The van der Waals surface area contributed by atoms with Crippen LogP contribution in [0.5, 0.6) is 0 Å². The summed E-state index contributed by atoms with van der Waals surface area (Å²) in [5, 5.41) is 0. The molecule has 0 atom stereocenters. The quantitative estimate of drug-likeness (QED) is 0.474. The molecule has 4 amide bonds. The molecule has 0 aromatic rings. The summed E-state index contributed by atoms with van der Waals surface area (Å²) in [6.07, 6.45) is 7.44. The molecule has 0 aliphatic heterocycles. The number of primary amides is 4. The predicted molar refractivity (Wildman–Crippen MR) is 59.8 cm³/mol. The van der Waals surface area contributed by atoms with Gasteiger partial charge in [-0.05, 0) is 5.92 Å². The minimum atomic E-state index is -0.833. The molecule has 1 aliphatic carbocycles. The number of carbonyl (C=O) groups excluding carboxylic acids is 2. The van der Waals surface area contributed by atoms with E-state index in [4.69, 9.17) is 9.59 Å². The van der Waals surface area contributed by atoms with Crippen LogP contribution in [0.4, 0.5) is 9.59 Å². The Morgan fingerprint density at radius 1 is 0.867 bits per heavy atom. The van der Waals surface area contributed by atoms with E-state index >= 15 is 0 Å². The highest BCUT2D eigenvalue weighted by atomic mass is 16.2. The lowest BCUT2D eigenvalue weighted by Crippen LogP contribution is -2.18. The highest BCUT2D eigenvalue weighted by molar-refractivity contribution is 5.69. The number of carbonyl (C=O) groups is 2. The van der Waals surface area contributed by atoms with Crippen molar-refractivity contribution in [3.05, 3.63) is 0 Å². The molecule has 8 N–H and O–H groups in total. The number of urea groups is 2. The molecule has 0 spiro atoms. The van der Waals surface area contributed by atoms with Crippen molar-refractivity contribution in [2.75, 3.05) is 0 Å². The largest absolute Gasteiger partial charge is 0.352 e. The topological polar surface area (TPSA) is 138 Å². The van der Waals surface area contributed by atoms with Crippen LogP contribution in [0.2, 0.25) is 0 Å². The Morgan fingerprint density at radius 3 is 1.27 bits per heavy atom. The van der Waals surface area contributed by atoms with E-state index in [9.17, 15) is 0 Å². The molecule has 0 aromatic heterocycles. The van der Waals surface area contributed by atoms with Gasteiger partial charge in [0.15, 0.2) is 0 Å². The molecule has 1 aliphatic rings. The number of amides is 4. The molecule has 1 rings (SSSR count). The summed E-state index contributed by atoms with van der Waals surface area (Å²) in [5.41, 5.74) is 17.0. The van der Waals surface area contributed by atoms with E-state index in [0.717, 1.165) is 5.92 Å². The van der Waals surface area contributed by atoms with Gasteiger partial charge in [0.25, 0.3) is 0 Å². The van der Waals surface area contributed by atoms with Crippen molar-refractivity contribution >= 4 is 12.1 Å². The van der Waals surface area contributed by atoms with E-state index in [1.54, 1.807) is 0 Å². The molecule has 0 saturated heterocycles. The van der Waals surface area contributed by atoms with Gasteiger partial charge in [0, 0.05) is 0 Å². The number of nitrogens with two attached hydrogens (primary N) is 4. The monoisotopic (exact) mass is 218 g/mol. The fourth-order valence-electron chi connectivity index (χ4n) is 1.31. The van der Waals surface area contributed by atoms with Gasteiger partial charge in [0.05, 0.1) is 0 Å². The van der Waals surface area contributed by atoms with Crippen molar-refractivity contribution in [1.82, 2.24) is 0 Å². The fraction of sp³-hybridized carbons (Fsp3) is 0.778. The van der Waals surface area contributed by atoms with Crippen molar-refractivity contribution < 1.29 is 9.59 Å². The first kappa shape index (κ1) is 16.0. The van der Waals surface area contributed by atoms with Crippen LogP contribution in [-0.2, 0) is 0 Å². The zero-order chi connectivity index (χ0) is 12.3. The van der Waals surface area contributed by atoms with E-state index in [1.165, 1.54) is 32.1 Å². The Hall–Kier alpha value is -1.46. The summed E-state index contributed by atoms with van der Waals surface area (Å²) in [5.74, 6) is 1.04. The smallest absolute Gasteiger partial charge is 0.309 e. The summed E-state index contributed by atoms with van der Waals surface area (Å²) in [6, 6.07) is -1.67. The lowest BCUT2D eigenvalue weighted by Gasteiger charge is -2.15. The van der Waals surface area contributed by atoms with Gasteiger partial charge in [0.1, 0.15) is 0 Å². The molecule has 1 saturated carbocycles. The first-order valence-corrected chi connectivity index (χ1v) is 4.96. The summed E-state index contributed by atoms with van der Waals surface area (Å²) < 4.78 is 0. The van der Waals surface area contributed by atoms with E-state index in [0.29, 0.717) is 0 Å². The third-order valence-electron chi connectivity index (χ3n) is 1.89. The summed E-state index contributed by atoms with van der Waals surface area (Å²) >= 11 is 0. The van der Waals surface area contributed by atoms with E-state index in [2.05, 4.69) is 29.9 Å². The van der Waals surface area contributed by atoms with Crippen molar-refractivity contribution in [1.29, 1.82) is 0 Å². The van der Waals surface area contributed by atoms with Crippen LogP contribution in [0.3, 0.4) is 0 Å². The number of hydrogen-bond donors (Lipinski definition) is 4. The number of hydrogen-bond acceptors (Lipinski definition) is 2. The van der Waals surface area contributed by atoms with Gasteiger partial charge >= 0.3 is 12.1 Å². The van der Waals surface area contributed by atoms with Crippen LogP contribution in [0, 0.1) is 5.92 Å². The van der Waals surface area contributed by atoms with Crippen LogP contribution < -0.4 is 22.9 Å². The maximum absolute atomic E-state index is 9.00. The summed E-state index contributed by atoms with van der Waals surface area (Å²) in [6.45, 7) is 2.36. The first-order valence-electron chi connectivity index (χ1n) is 4.96. The Labute approximate surface area is 90.3 Å². The maximum atomic E-state index is 9.00. The Kier molecular flexibility index (Phi) is 11.3. The van der Waals surface area contributed by atoms with Crippen molar-refractivity contribution in [3.8, 4) is 0 Å². The third-order valence-corrected chi connectivity index (χ3v) is 1.89. The molecule has 6 heteroatoms. The van der Waals surface area contributed by atoms with E-state index in [-0.39, 0.29) is 0 Å². The van der Waals surface area contributed by atoms with Gasteiger partial charge in [-0.15, -0.1) is 0 Å². The first-order chi connectivity index (χ1) is 6.86.